The van der Waals surface area contributed by atoms with E-state index in [9.17, 15) is 20.0 Å². The Morgan fingerprint density at radius 2 is 2.29 bits per heavy atom. The number of carbonyl (C=O) groups is 1. The number of benzene rings is 1. The largest absolute Gasteiger partial charge is 0.496 e. The molecule has 21 heavy (non-hydrogen) atoms. The highest BCUT2D eigenvalue weighted by atomic mass is 16.6. The third-order valence-electron chi connectivity index (χ3n) is 3.85. The number of aliphatic hydroxyl groups is 1. The highest BCUT2D eigenvalue weighted by Crippen LogP contribution is 2.27. The lowest BCUT2D eigenvalue weighted by atomic mass is 10.0. The predicted octanol–water partition coefficient (Wildman–Crippen LogP) is 1.49. The van der Waals surface area contributed by atoms with Crippen LogP contribution in [0.1, 0.15) is 29.6 Å². The number of nitro groups is 1. The van der Waals surface area contributed by atoms with Crippen molar-refractivity contribution in [3.63, 3.8) is 0 Å². The van der Waals surface area contributed by atoms with Crippen LogP contribution in [0.5, 0.6) is 5.75 Å². The molecule has 2 rings (SSSR count). The predicted molar refractivity (Wildman–Crippen MR) is 75.3 cm³/mol. The molecule has 0 saturated heterocycles. The number of rotatable bonds is 5. The lowest BCUT2D eigenvalue weighted by molar-refractivity contribution is -0.384. The number of non-ortho nitro benzene ring substituents is 1. The molecule has 1 aromatic carbocycles. The number of ether oxygens (including phenoxy) is 1. The summed E-state index contributed by atoms with van der Waals surface area (Å²) in [5.41, 5.74) is -0.0265. The molecule has 2 N–H and O–H groups in total. The van der Waals surface area contributed by atoms with Gasteiger partial charge in [0.1, 0.15) is 5.75 Å². The van der Waals surface area contributed by atoms with Gasteiger partial charge in [-0.3, -0.25) is 14.9 Å². The molecule has 114 valence electrons. The van der Waals surface area contributed by atoms with Gasteiger partial charge >= 0.3 is 0 Å². The van der Waals surface area contributed by atoms with E-state index in [1.165, 1.54) is 25.3 Å². The maximum atomic E-state index is 12.3. The van der Waals surface area contributed by atoms with E-state index in [4.69, 9.17) is 4.74 Å². The summed E-state index contributed by atoms with van der Waals surface area (Å²) in [6, 6.07) is 3.80. The van der Waals surface area contributed by atoms with E-state index in [0.717, 1.165) is 19.3 Å². The van der Waals surface area contributed by atoms with Crippen molar-refractivity contribution >= 4 is 11.6 Å². The zero-order valence-corrected chi connectivity index (χ0v) is 11.7. The standard InChI is InChI=1S/C14H18N2O5/c1-21-13-6-5-10(16(19)20)7-11(13)14(18)15-12-4-2-3-9(12)8-17/h5-7,9,12,17H,2-4,8H2,1H3,(H,15,18). The first-order valence-corrected chi connectivity index (χ1v) is 6.81. The lowest BCUT2D eigenvalue weighted by Gasteiger charge is -2.19. The third kappa shape index (κ3) is 3.30. The van der Waals surface area contributed by atoms with Gasteiger partial charge in [0.2, 0.25) is 0 Å². The van der Waals surface area contributed by atoms with Crippen molar-refractivity contribution in [3.05, 3.63) is 33.9 Å². The van der Waals surface area contributed by atoms with Gasteiger partial charge in [-0.25, -0.2) is 0 Å². The fraction of sp³-hybridized carbons (Fsp3) is 0.500. The smallest absolute Gasteiger partial charge is 0.270 e. The minimum Gasteiger partial charge on any atom is -0.496 e. The number of hydrogen-bond donors (Lipinski definition) is 2. The Morgan fingerprint density at radius 1 is 1.52 bits per heavy atom. The van der Waals surface area contributed by atoms with Gasteiger partial charge in [-0.2, -0.15) is 0 Å². The number of amides is 1. The second kappa shape index (κ2) is 6.53. The van der Waals surface area contributed by atoms with E-state index in [2.05, 4.69) is 5.32 Å². The average molecular weight is 294 g/mol. The second-order valence-corrected chi connectivity index (χ2v) is 5.10. The van der Waals surface area contributed by atoms with Gasteiger partial charge in [0.05, 0.1) is 17.6 Å². The van der Waals surface area contributed by atoms with E-state index in [1.54, 1.807) is 0 Å². The van der Waals surface area contributed by atoms with Gasteiger partial charge in [-0.05, 0) is 18.9 Å². The van der Waals surface area contributed by atoms with Gasteiger partial charge in [-0.1, -0.05) is 6.42 Å². The summed E-state index contributed by atoms with van der Waals surface area (Å²) in [6.07, 6.45) is 2.62. The number of nitrogens with zero attached hydrogens (tertiary/aromatic N) is 1. The molecule has 0 heterocycles. The van der Waals surface area contributed by atoms with Gasteiger partial charge in [0.25, 0.3) is 11.6 Å². The number of aliphatic hydroxyl groups excluding tert-OH is 1. The van der Waals surface area contributed by atoms with Crippen molar-refractivity contribution in [1.82, 2.24) is 5.32 Å². The Hall–Kier alpha value is -2.15. The Kier molecular flexibility index (Phi) is 4.74. The van der Waals surface area contributed by atoms with E-state index in [1.807, 2.05) is 0 Å². The molecule has 1 aromatic rings. The summed E-state index contributed by atoms with van der Waals surface area (Å²) in [4.78, 5) is 22.6. The van der Waals surface area contributed by atoms with Crippen LogP contribution < -0.4 is 10.1 Å². The maximum absolute atomic E-state index is 12.3. The molecule has 1 aliphatic rings. The summed E-state index contributed by atoms with van der Waals surface area (Å²) >= 11 is 0. The normalized spacial score (nSPS) is 21.0. The summed E-state index contributed by atoms with van der Waals surface area (Å²) in [5, 5.41) is 22.9. The first-order chi connectivity index (χ1) is 10.1. The van der Waals surface area contributed by atoms with Crippen LogP contribution in [0, 0.1) is 16.0 Å². The van der Waals surface area contributed by atoms with Crippen molar-refractivity contribution in [1.29, 1.82) is 0 Å². The van der Waals surface area contributed by atoms with Crippen molar-refractivity contribution < 1.29 is 19.6 Å². The number of hydrogen-bond acceptors (Lipinski definition) is 5. The van der Waals surface area contributed by atoms with Gasteiger partial charge in [-0.15, -0.1) is 0 Å². The Bertz CT molecular complexity index is 546. The van der Waals surface area contributed by atoms with Crippen LogP contribution in [0.4, 0.5) is 5.69 Å². The molecule has 1 fully saturated rings. The van der Waals surface area contributed by atoms with Crippen molar-refractivity contribution in [3.8, 4) is 5.75 Å². The molecule has 0 spiro atoms. The molecule has 0 aliphatic heterocycles. The highest BCUT2D eigenvalue weighted by Gasteiger charge is 2.29. The molecule has 7 heteroatoms. The number of nitrogens with one attached hydrogen (secondary N) is 1. The average Bonchev–Trinajstić information content (AvgIpc) is 2.93. The van der Waals surface area contributed by atoms with Crippen LogP contribution >= 0.6 is 0 Å². The zero-order chi connectivity index (χ0) is 15.4. The van der Waals surface area contributed by atoms with Gasteiger partial charge in [0, 0.05) is 30.7 Å². The summed E-state index contributed by atoms with van der Waals surface area (Å²) in [7, 11) is 1.41. The monoisotopic (exact) mass is 294 g/mol. The molecule has 1 aliphatic carbocycles. The minimum atomic E-state index is -0.553. The fourth-order valence-corrected chi connectivity index (χ4v) is 2.68. The van der Waals surface area contributed by atoms with Crippen LogP contribution in [0.25, 0.3) is 0 Å². The summed E-state index contributed by atoms with van der Waals surface area (Å²) < 4.78 is 5.09. The number of carbonyl (C=O) groups excluding carboxylic acids is 1. The van der Waals surface area contributed by atoms with Gasteiger partial charge in [0.15, 0.2) is 0 Å². The third-order valence-corrected chi connectivity index (χ3v) is 3.85. The molecule has 7 nitrogen and oxygen atoms in total. The fourth-order valence-electron chi connectivity index (χ4n) is 2.68. The van der Waals surface area contributed by atoms with Crippen LogP contribution in [0.15, 0.2) is 18.2 Å². The number of methoxy groups -OCH3 is 1. The van der Waals surface area contributed by atoms with E-state index in [0.29, 0.717) is 0 Å². The van der Waals surface area contributed by atoms with Crippen LogP contribution in [0.2, 0.25) is 0 Å². The maximum Gasteiger partial charge on any atom is 0.270 e. The van der Waals surface area contributed by atoms with Gasteiger partial charge < -0.3 is 15.2 Å². The Balaban J connectivity index is 2.21. The zero-order valence-electron chi connectivity index (χ0n) is 11.7. The molecule has 0 bridgehead atoms. The topological polar surface area (TPSA) is 102 Å². The van der Waals surface area contributed by atoms with Crippen molar-refractivity contribution in [2.45, 2.75) is 25.3 Å². The molecule has 0 aromatic heterocycles. The Morgan fingerprint density at radius 3 is 2.90 bits per heavy atom. The van der Waals surface area contributed by atoms with Crippen LogP contribution in [-0.4, -0.2) is 35.7 Å². The van der Waals surface area contributed by atoms with Crippen LogP contribution in [0.3, 0.4) is 0 Å². The molecule has 1 saturated carbocycles. The van der Waals surface area contributed by atoms with E-state index in [-0.39, 0.29) is 35.6 Å². The van der Waals surface area contributed by atoms with E-state index >= 15 is 0 Å². The minimum absolute atomic E-state index is 0.0248. The van der Waals surface area contributed by atoms with Crippen LogP contribution in [-0.2, 0) is 0 Å². The first kappa shape index (κ1) is 15.2. The second-order valence-electron chi connectivity index (χ2n) is 5.10. The summed E-state index contributed by atoms with van der Waals surface area (Å²) in [6.45, 7) is 0.0248. The summed E-state index contributed by atoms with van der Waals surface area (Å²) in [5.74, 6) is -0.0869. The number of nitro benzene ring substituents is 1. The highest BCUT2D eigenvalue weighted by molar-refractivity contribution is 5.97. The lowest BCUT2D eigenvalue weighted by Crippen LogP contribution is -2.38. The quantitative estimate of drug-likeness (QED) is 0.633. The van der Waals surface area contributed by atoms with E-state index < -0.39 is 10.8 Å². The molecule has 1 amide bonds. The first-order valence-electron chi connectivity index (χ1n) is 6.81. The van der Waals surface area contributed by atoms with Crippen molar-refractivity contribution in [2.24, 2.45) is 5.92 Å². The molecular weight excluding hydrogens is 276 g/mol. The molecular formula is C14H18N2O5. The van der Waals surface area contributed by atoms with Crippen molar-refractivity contribution in [2.75, 3.05) is 13.7 Å². The Labute approximate surface area is 122 Å². The molecule has 2 unspecified atom stereocenters. The SMILES string of the molecule is COc1ccc([N+](=O)[O-])cc1C(=O)NC1CCCC1CO. The molecule has 2 atom stereocenters. The molecule has 0 radical (unpaired) electrons.